The smallest absolute Gasteiger partial charge is 0.256 e. The number of anilines is 1. The SMILES string of the molecule is Cn1cnnc1-c1cncc(NC(=O)c2cccc3c2Cc2ccccc2-3)c1. The van der Waals surface area contributed by atoms with Gasteiger partial charge in [-0.05, 0) is 40.8 Å². The Bertz CT molecular complexity index is 1210. The maximum atomic E-state index is 13.0. The molecule has 136 valence electrons. The monoisotopic (exact) mass is 367 g/mol. The van der Waals surface area contributed by atoms with Gasteiger partial charge >= 0.3 is 0 Å². The van der Waals surface area contributed by atoms with Crippen LogP contribution in [0, 0.1) is 0 Å². The Balaban J connectivity index is 1.46. The molecule has 4 aromatic rings. The molecule has 1 amide bonds. The highest BCUT2D eigenvalue weighted by molar-refractivity contribution is 6.07. The highest BCUT2D eigenvalue weighted by Crippen LogP contribution is 2.38. The Kier molecular flexibility index (Phi) is 3.76. The molecule has 0 aliphatic heterocycles. The fourth-order valence-electron chi connectivity index (χ4n) is 3.74. The van der Waals surface area contributed by atoms with E-state index in [9.17, 15) is 4.79 Å². The van der Waals surface area contributed by atoms with Gasteiger partial charge in [-0.25, -0.2) is 0 Å². The number of nitrogens with one attached hydrogen (secondary N) is 1. The van der Waals surface area contributed by atoms with E-state index in [1.54, 1.807) is 18.7 Å². The summed E-state index contributed by atoms with van der Waals surface area (Å²) in [6.45, 7) is 0. The lowest BCUT2D eigenvalue weighted by Crippen LogP contribution is -2.14. The summed E-state index contributed by atoms with van der Waals surface area (Å²) in [6, 6.07) is 16.0. The minimum atomic E-state index is -0.137. The molecule has 6 nitrogen and oxygen atoms in total. The average Bonchev–Trinajstić information content (AvgIpc) is 3.31. The van der Waals surface area contributed by atoms with Gasteiger partial charge in [-0.2, -0.15) is 0 Å². The number of pyridine rings is 1. The van der Waals surface area contributed by atoms with E-state index < -0.39 is 0 Å². The van der Waals surface area contributed by atoms with E-state index >= 15 is 0 Å². The summed E-state index contributed by atoms with van der Waals surface area (Å²) < 4.78 is 1.81. The fourth-order valence-corrected chi connectivity index (χ4v) is 3.74. The average molecular weight is 367 g/mol. The molecule has 0 saturated carbocycles. The first-order valence-electron chi connectivity index (χ1n) is 9.01. The fraction of sp³-hybridized carbons (Fsp3) is 0.0909. The zero-order valence-electron chi connectivity index (χ0n) is 15.3. The molecule has 0 atom stereocenters. The minimum absolute atomic E-state index is 0.137. The zero-order chi connectivity index (χ0) is 19.1. The van der Waals surface area contributed by atoms with Crippen LogP contribution in [0.1, 0.15) is 21.5 Å². The Hall–Kier alpha value is -3.80. The summed E-state index contributed by atoms with van der Waals surface area (Å²) in [5.41, 5.74) is 6.77. The van der Waals surface area contributed by atoms with Crippen molar-refractivity contribution in [3.63, 3.8) is 0 Å². The number of aryl methyl sites for hydroxylation is 1. The van der Waals surface area contributed by atoms with Gasteiger partial charge in [-0.3, -0.25) is 9.78 Å². The van der Waals surface area contributed by atoms with Crippen LogP contribution in [0.3, 0.4) is 0 Å². The molecular formula is C22H17N5O. The molecule has 0 unspecified atom stereocenters. The normalized spacial score (nSPS) is 11.8. The Morgan fingerprint density at radius 1 is 1.07 bits per heavy atom. The summed E-state index contributed by atoms with van der Waals surface area (Å²) in [4.78, 5) is 17.3. The molecule has 0 radical (unpaired) electrons. The van der Waals surface area contributed by atoms with Crippen LogP contribution in [-0.2, 0) is 13.5 Å². The maximum absolute atomic E-state index is 13.0. The Labute approximate surface area is 161 Å². The summed E-state index contributed by atoms with van der Waals surface area (Å²) >= 11 is 0. The Morgan fingerprint density at radius 2 is 1.93 bits per heavy atom. The number of carbonyl (C=O) groups is 1. The van der Waals surface area contributed by atoms with E-state index in [1.165, 1.54) is 11.1 Å². The summed E-state index contributed by atoms with van der Waals surface area (Å²) in [5, 5.41) is 11.0. The van der Waals surface area contributed by atoms with Crippen LogP contribution in [0.15, 0.2) is 67.3 Å². The molecule has 2 aromatic carbocycles. The zero-order valence-corrected chi connectivity index (χ0v) is 15.3. The lowest BCUT2D eigenvalue weighted by Gasteiger charge is -2.10. The van der Waals surface area contributed by atoms with Crippen molar-refractivity contribution < 1.29 is 4.79 Å². The molecule has 2 aromatic heterocycles. The first kappa shape index (κ1) is 16.4. The predicted octanol–water partition coefficient (Wildman–Crippen LogP) is 3.70. The topological polar surface area (TPSA) is 72.7 Å². The van der Waals surface area contributed by atoms with Crippen LogP contribution in [0.5, 0.6) is 0 Å². The van der Waals surface area contributed by atoms with Gasteiger partial charge in [0.2, 0.25) is 0 Å². The number of amides is 1. The third-order valence-corrected chi connectivity index (χ3v) is 5.06. The minimum Gasteiger partial charge on any atom is -0.321 e. The molecule has 1 aliphatic rings. The lowest BCUT2D eigenvalue weighted by atomic mass is 10.0. The Morgan fingerprint density at radius 3 is 2.79 bits per heavy atom. The van der Waals surface area contributed by atoms with E-state index in [-0.39, 0.29) is 5.91 Å². The molecule has 0 saturated heterocycles. The third kappa shape index (κ3) is 2.66. The van der Waals surface area contributed by atoms with Crippen LogP contribution in [-0.4, -0.2) is 25.7 Å². The predicted molar refractivity (Wildman–Crippen MR) is 107 cm³/mol. The molecule has 0 bridgehead atoms. The van der Waals surface area contributed by atoms with Gasteiger partial charge in [0.1, 0.15) is 6.33 Å². The highest BCUT2D eigenvalue weighted by atomic mass is 16.1. The number of aromatic nitrogens is 4. The second-order valence-corrected chi connectivity index (χ2v) is 6.85. The van der Waals surface area contributed by atoms with Gasteiger partial charge < -0.3 is 9.88 Å². The number of nitrogens with zero attached hydrogens (tertiary/aromatic N) is 4. The second-order valence-electron chi connectivity index (χ2n) is 6.85. The molecule has 0 fully saturated rings. The van der Waals surface area contributed by atoms with Crippen LogP contribution < -0.4 is 5.32 Å². The summed E-state index contributed by atoms with van der Waals surface area (Å²) in [7, 11) is 1.87. The number of hydrogen-bond donors (Lipinski definition) is 1. The van der Waals surface area contributed by atoms with Crippen molar-refractivity contribution in [1.82, 2.24) is 19.7 Å². The molecule has 2 heterocycles. The second kappa shape index (κ2) is 6.42. The van der Waals surface area contributed by atoms with Crippen LogP contribution in [0.4, 0.5) is 5.69 Å². The number of hydrogen-bond acceptors (Lipinski definition) is 4. The first-order chi connectivity index (χ1) is 13.7. The number of carbonyl (C=O) groups excluding carboxylic acids is 1. The maximum Gasteiger partial charge on any atom is 0.256 e. The van der Waals surface area contributed by atoms with Crippen molar-refractivity contribution in [2.75, 3.05) is 5.32 Å². The van der Waals surface area contributed by atoms with Crippen LogP contribution in [0.2, 0.25) is 0 Å². The molecule has 1 aliphatic carbocycles. The molecule has 5 rings (SSSR count). The third-order valence-electron chi connectivity index (χ3n) is 5.06. The van der Waals surface area contributed by atoms with Crippen LogP contribution in [0.25, 0.3) is 22.5 Å². The van der Waals surface area contributed by atoms with Crippen molar-refractivity contribution in [3.05, 3.63) is 83.9 Å². The van der Waals surface area contributed by atoms with Crippen LogP contribution >= 0.6 is 0 Å². The largest absolute Gasteiger partial charge is 0.321 e. The lowest BCUT2D eigenvalue weighted by molar-refractivity contribution is 0.102. The highest BCUT2D eigenvalue weighted by Gasteiger charge is 2.23. The number of rotatable bonds is 3. The van der Waals surface area contributed by atoms with E-state index in [2.05, 4.69) is 38.7 Å². The van der Waals surface area contributed by atoms with E-state index in [1.807, 2.05) is 41.9 Å². The number of benzene rings is 2. The number of fused-ring (bicyclic) bond motifs is 3. The molecule has 6 heteroatoms. The first-order valence-corrected chi connectivity index (χ1v) is 9.01. The van der Waals surface area contributed by atoms with E-state index in [0.717, 1.165) is 23.1 Å². The van der Waals surface area contributed by atoms with Gasteiger partial charge in [0.25, 0.3) is 5.91 Å². The van der Waals surface area contributed by atoms with Gasteiger partial charge in [0.15, 0.2) is 5.82 Å². The molecule has 28 heavy (non-hydrogen) atoms. The van der Waals surface area contributed by atoms with Crippen molar-refractivity contribution >= 4 is 11.6 Å². The van der Waals surface area contributed by atoms with Crippen molar-refractivity contribution in [2.24, 2.45) is 7.05 Å². The van der Waals surface area contributed by atoms with Gasteiger partial charge in [-0.1, -0.05) is 36.4 Å². The standard InChI is InChI=1S/C22H17N5O/c1-27-13-24-26-21(27)15-9-16(12-23-11-15)25-22(28)19-8-4-7-18-17-6-3-2-5-14(17)10-20(18)19/h2-9,11-13H,10H2,1H3,(H,25,28). The van der Waals surface area contributed by atoms with Gasteiger partial charge in [-0.15, -0.1) is 10.2 Å². The van der Waals surface area contributed by atoms with E-state index in [4.69, 9.17) is 0 Å². The van der Waals surface area contributed by atoms with Crippen molar-refractivity contribution in [3.8, 4) is 22.5 Å². The quantitative estimate of drug-likeness (QED) is 0.528. The van der Waals surface area contributed by atoms with Gasteiger partial charge in [0, 0.05) is 24.4 Å². The molecular weight excluding hydrogens is 350 g/mol. The van der Waals surface area contributed by atoms with Crippen molar-refractivity contribution in [2.45, 2.75) is 6.42 Å². The molecule has 0 spiro atoms. The van der Waals surface area contributed by atoms with Crippen molar-refractivity contribution in [1.29, 1.82) is 0 Å². The summed E-state index contributed by atoms with van der Waals surface area (Å²) in [6.07, 6.45) is 5.74. The summed E-state index contributed by atoms with van der Waals surface area (Å²) in [5.74, 6) is 0.557. The molecule has 1 N–H and O–H groups in total. The van der Waals surface area contributed by atoms with Gasteiger partial charge in [0.05, 0.1) is 11.9 Å². The van der Waals surface area contributed by atoms with E-state index in [0.29, 0.717) is 17.1 Å².